The van der Waals surface area contributed by atoms with Gasteiger partial charge in [-0.05, 0) is 153 Å². The summed E-state index contributed by atoms with van der Waals surface area (Å²) in [6.45, 7) is 17.7. The number of nitrogens with zero attached hydrogens (tertiary/aromatic N) is 4. The minimum atomic E-state index is -0.145. The van der Waals surface area contributed by atoms with Crippen LogP contribution < -0.4 is 19.3 Å². The Hall–Kier alpha value is -6.88. The van der Waals surface area contributed by atoms with Gasteiger partial charge >= 0.3 is 0 Å². The molecule has 2 aromatic heterocycles. The van der Waals surface area contributed by atoms with Gasteiger partial charge in [-0.15, -0.1) is 0 Å². The molecule has 1 N–H and O–H groups in total. The van der Waals surface area contributed by atoms with Crippen molar-refractivity contribution in [1.29, 1.82) is 0 Å². The number of pyridine rings is 2. The molecule has 10 heteroatoms. The van der Waals surface area contributed by atoms with Crippen molar-refractivity contribution in [2.75, 3.05) is 30.6 Å². The molecule has 378 valence electrons. The SMILES string of the molecule is COc1ccc(-c2ccc(CN(C(=O)CC(C)(C)C)c3nccc4cc(Br)ccc34)cc2)cc1C.COc1ccc(-c2ccc(CN(C(=O)CC(C)(C)C)c3nccc4cc(CCCO)ccc34)cc2)cc1C. The number of aliphatic hydroxyl groups is 1. The Bertz CT molecular complexity index is 3190. The van der Waals surface area contributed by atoms with Gasteiger partial charge in [0.25, 0.3) is 0 Å². The number of amides is 2. The molecule has 0 fully saturated rings. The number of aryl methyl sites for hydroxylation is 3. The number of carbonyl (C=O) groups is 2. The van der Waals surface area contributed by atoms with Crippen molar-refractivity contribution in [3.8, 4) is 33.8 Å². The first-order chi connectivity index (χ1) is 34.8. The van der Waals surface area contributed by atoms with Gasteiger partial charge in [-0.3, -0.25) is 19.4 Å². The quantitative estimate of drug-likeness (QED) is 0.109. The molecule has 0 radical (unpaired) electrons. The molecule has 0 aliphatic carbocycles. The second-order valence-corrected chi connectivity index (χ2v) is 22.1. The summed E-state index contributed by atoms with van der Waals surface area (Å²) in [7, 11) is 3.37. The Labute approximate surface area is 440 Å². The number of ether oxygens (including phenoxy) is 2. The summed E-state index contributed by atoms with van der Waals surface area (Å²) in [5.41, 5.74) is 9.69. The normalized spacial score (nSPS) is 11.5. The summed E-state index contributed by atoms with van der Waals surface area (Å²) in [5, 5.41) is 13.2. The molecule has 73 heavy (non-hydrogen) atoms. The number of hydrogen-bond donors (Lipinski definition) is 1. The lowest BCUT2D eigenvalue weighted by molar-refractivity contribution is -0.121. The highest BCUT2D eigenvalue weighted by atomic mass is 79.9. The third-order valence-electron chi connectivity index (χ3n) is 12.7. The fourth-order valence-corrected chi connectivity index (χ4v) is 9.34. The maximum Gasteiger partial charge on any atom is 0.229 e. The first-order valence-electron chi connectivity index (χ1n) is 24.9. The molecule has 0 bridgehead atoms. The molecule has 9 nitrogen and oxygen atoms in total. The topological polar surface area (TPSA) is 105 Å². The lowest BCUT2D eigenvalue weighted by Crippen LogP contribution is -2.34. The molecule has 0 unspecified atom stereocenters. The zero-order chi connectivity index (χ0) is 52.5. The van der Waals surface area contributed by atoms with Gasteiger partial charge in [-0.25, -0.2) is 9.97 Å². The second-order valence-electron chi connectivity index (χ2n) is 21.2. The van der Waals surface area contributed by atoms with Crippen LogP contribution >= 0.6 is 15.9 Å². The van der Waals surface area contributed by atoms with Gasteiger partial charge in [0.15, 0.2) is 0 Å². The summed E-state index contributed by atoms with van der Waals surface area (Å²) >= 11 is 3.55. The van der Waals surface area contributed by atoms with Crippen LogP contribution in [-0.4, -0.2) is 47.7 Å². The third-order valence-corrected chi connectivity index (χ3v) is 13.2. The molecule has 8 aromatic rings. The largest absolute Gasteiger partial charge is 0.496 e. The van der Waals surface area contributed by atoms with Gasteiger partial charge in [0, 0.05) is 47.1 Å². The van der Waals surface area contributed by atoms with E-state index in [1.54, 1.807) is 26.6 Å². The molecular formula is C63H69BrN4O5. The third kappa shape index (κ3) is 14.2. The number of halogens is 1. The number of rotatable bonds is 15. The van der Waals surface area contributed by atoms with E-state index in [-0.39, 0.29) is 29.3 Å². The van der Waals surface area contributed by atoms with Crippen molar-refractivity contribution >= 4 is 60.9 Å². The Morgan fingerprint density at radius 1 is 0.534 bits per heavy atom. The maximum atomic E-state index is 13.6. The highest BCUT2D eigenvalue weighted by Crippen LogP contribution is 2.34. The average molecular weight is 1040 g/mol. The number of anilines is 2. The lowest BCUT2D eigenvalue weighted by atomic mass is 9.91. The van der Waals surface area contributed by atoms with Crippen LogP contribution in [0.25, 0.3) is 43.8 Å². The van der Waals surface area contributed by atoms with Crippen molar-refractivity contribution in [2.24, 2.45) is 10.8 Å². The lowest BCUT2D eigenvalue weighted by Gasteiger charge is -2.27. The van der Waals surface area contributed by atoms with Crippen LogP contribution in [0.2, 0.25) is 0 Å². The van der Waals surface area contributed by atoms with E-state index in [1.807, 2.05) is 60.0 Å². The molecule has 0 saturated carbocycles. The van der Waals surface area contributed by atoms with Crippen LogP contribution in [-0.2, 0) is 29.1 Å². The van der Waals surface area contributed by atoms with Gasteiger partial charge in [0.05, 0.1) is 27.3 Å². The molecule has 0 aliphatic heterocycles. The molecule has 0 spiro atoms. The van der Waals surface area contributed by atoms with Crippen molar-refractivity contribution in [3.63, 3.8) is 0 Å². The molecule has 8 rings (SSSR count). The summed E-state index contributed by atoms with van der Waals surface area (Å²) in [6, 6.07) is 45.4. The molecule has 0 aliphatic rings. The van der Waals surface area contributed by atoms with Gasteiger partial charge in [-0.2, -0.15) is 0 Å². The number of carbonyl (C=O) groups excluding carboxylic acids is 2. The molecule has 0 saturated heterocycles. The van der Waals surface area contributed by atoms with E-state index >= 15 is 0 Å². The van der Waals surface area contributed by atoms with Gasteiger partial charge in [0.2, 0.25) is 11.8 Å². The zero-order valence-electron chi connectivity index (χ0n) is 44.1. The summed E-state index contributed by atoms with van der Waals surface area (Å²) < 4.78 is 11.8. The minimum absolute atomic E-state index is 0.0525. The van der Waals surface area contributed by atoms with Crippen LogP contribution in [0.5, 0.6) is 11.5 Å². The number of fused-ring (bicyclic) bond motifs is 2. The predicted octanol–water partition coefficient (Wildman–Crippen LogP) is 15.1. The molecule has 0 atom stereocenters. The Morgan fingerprint density at radius 3 is 1.36 bits per heavy atom. The van der Waals surface area contributed by atoms with E-state index in [0.29, 0.717) is 37.6 Å². The van der Waals surface area contributed by atoms with Crippen LogP contribution in [0.3, 0.4) is 0 Å². The van der Waals surface area contributed by atoms with Crippen LogP contribution in [0.4, 0.5) is 11.6 Å². The summed E-state index contributed by atoms with van der Waals surface area (Å²) in [5.74, 6) is 3.25. The van der Waals surface area contributed by atoms with Gasteiger partial charge in [-0.1, -0.05) is 136 Å². The second kappa shape index (κ2) is 23.8. The first-order valence-corrected chi connectivity index (χ1v) is 25.7. The number of methoxy groups -OCH3 is 2. The average Bonchev–Trinajstić information content (AvgIpc) is 3.35. The van der Waals surface area contributed by atoms with E-state index < -0.39 is 0 Å². The number of benzene rings is 6. The highest BCUT2D eigenvalue weighted by molar-refractivity contribution is 9.10. The van der Waals surface area contributed by atoms with Crippen LogP contribution in [0, 0.1) is 24.7 Å². The van der Waals surface area contributed by atoms with E-state index in [9.17, 15) is 14.7 Å². The minimum Gasteiger partial charge on any atom is -0.496 e. The molecular weight excluding hydrogens is 973 g/mol. The van der Waals surface area contributed by atoms with E-state index in [4.69, 9.17) is 14.5 Å². The highest BCUT2D eigenvalue weighted by Gasteiger charge is 2.27. The number of hydrogen-bond acceptors (Lipinski definition) is 7. The monoisotopic (exact) mass is 1040 g/mol. The van der Waals surface area contributed by atoms with Crippen molar-refractivity contribution in [1.82, 2.24) is 9.97 Å². The van der Waals surface area contributed by atoms with E-state index in [0.717, 1.165) is 94.9 Å². The van der Waals surface area contributed by atoms with Crippen LogP contribution in [0.15, 0.2) is 150 Å². The van der Waals surface area contributed by atoms with Crippen LogP contribution in [0.1, 0.15) is 88.6 Å². The molecule has 6 aromatic carbocycles. The van der Waals surface area contributed by atoms with E-state index in [2.05, 4.69) is 160 Å². The Kier molecular flexibility index (Phi) is 17.6. The van der Waals surface area contributed by atoms with E-state index in [1.165, 1.54) is 5.56 Å². The smallest absolute Gasteiger partial charge is 0.229 e. The summed E-state index contributed by atoms with van der Waals surface area (Å²) in [4.78, 5) is 40.2. The molecule has 2 amide bonds. The first kappa shape index (κ1) is 53.9. The summed E-state index contributed by atoms with van der Waals surface area (Å²) in [6.07, 6.45) is 5.95. The van der Waals surface area contributed by atoms with Gasteiger partial charge < -0.3 is 14.6 Å². The fraction of sp³-hybridized carbons (Fsp3) is 0.302. The Balaban J connectivity index is 0.000000214. The van der Waals surface area contributed by atoms with Gasteiger partial charge in [0.1, 0.15) is 23.1 Å². The predicted molar refractivity (Wildman–Crippen MR) is 303 cm³/mol. The zero-order valence-corrected chi connectivity index (χ0v) is 45.6. The number of aromatic nitrogens is 2. The Morgan fingerprint density at radius 2 is 0.945 bits per heavy atom. The maximum absolute atomic E-state index is 13.6. The molecule has 2 heterocycles. The number of aliphatic hydroxyl groups excluding tert-OH is 1. The fourth-order valence-electron chi connectivity index (χ4n) is 8.96. The van der Waals surface area contributed by atoms with Crippen molar-refractivity contribution in [2.45, 2.75) is 94.2 Å². The standard InChI is InChI=1S/C33H38N2O3.C30H31BrN2O2/c1-23-19-27(13-15-30(23)38-5)26-11-8-25(9-12-26)22-35(31(37)21-33(2,3)4)32-29-14-10-24(7-6-18-36)20-28(29)16-17-34-32;1-20-16-23(10-13-27(20)35-5)22-8-6-21(7-9-22)19-33(28(34)18-30(2,3)4)29-26-12-11-25(31)17-24(26)14-15-32-29/h8-17,19-20,36H,6-7,18,21-22H2,1-5H3;6-17H,18-19H2,1-5H3. The van der Waals surface area contributed by atoms with Crippen molar-refractivity contribution in [3.05, 3.63) is 178 Å². The van der Waals surface area contributed by atoms with Crippen molar-refractivity contribution < 1.29 is 24.2 Å².